The maximum atomic E-state index is 15.2. The minimum absolute atomic E-state index is 0.0483. The minimum Gasteiger partial charge on any atom is -0.489 e. The molecule has 0 spiro atoms. The van der Waals surface area contributed by atoms with E-state index >= 15 is 8.78 Å². The monoisotopic (exact) mass is 456 g/mol. The standard InChI is InChI=1S/C29H26F2N2O/c1-3-32-25-12-8-9-13-26(25)33(4-2)28-16-21(14-15-27(28)32)29-23(30)17-22(18-24(29)31)34-19-20-10-6-5-7-11-20/h5-18H,3-4,19H2,1-2H3. The van der Waals surface area contributed by atoms with Crippen LogP contribution in [0.1, 0.15) is 19.4 Å². The van der Waals surface area contributed by atoms with E-state index in [2.05, 4.69) is 35.8 Å². The molecule has 0 saturated carbocycles. The second-order valence-electron chi connectivity index (χ2n) is 8.22. The zero-order valence-corrected chi connectivity index (χ0v) is 19.3. The summed E-state index contributed by atoms with van der Waals surface area (Å²) in [4.78, 5) is 4.42. The average molecular weight is 457 g/mol. The highest BCUT2D eigenvalue weighted by Crippen LogP contribution is 2.49. The zero-order chi connectivity index (χ0) is 23.7. The number of fused-ring (bicyclic) bond motifs is 2. The van der Waals surface area contributed by atoms with Crippen LogP contribution < -0.4 is 14.5 Å². The van der Waals surface area contributed by atoms with Gasteiger partial charge in [0, 0.05) is 25.2 Å². The summed E-state index contributed by atoms with van der Waals surface area (Å²) < 4.78 is 36.0. The van der Waals surface area contributed by atoms with E-state index in [1.807, 2.05) is 54.6 Å². The molecule has 4 aromatic rings. The smallest absolute Gasteiger partial charge is 0.137 e. The van der Waals surface area contributed by atoms with Gasteiger partial charge in [0.25, 0.3) is 0 Å². The highest BCUT2D eigenvalue weighted by atomic mass is 19.1. The highest BCUT2D eigenvalue weighted by Gasteiger charge is 2.27. The lowest BCUT2D eigenvalue weighted by atomic mass is 9.99. The van der Waals surface area contributed by atoms with Gasteiger partial charge in [-0.1, -0.05) is 48.5 Å². The molecule has 34 heavy (non-hydrogen) atoms. The van der Waals surface area contributed by atoms with Gasteiger partial charge in [-0.25, -0.2) is 8.78 Å². The molecule has 0 bridgehead atoms. The maximum absolute atomic E-state index is 15.2. The molecule has 0 fully saturated rings. The third kappa shape index (κ3) is 3.87. The van der Waals surface area contributed by atoms with Crippen molar-refractivity contribution in [3.8, 4) is 16.9 Å². The van der Waals surface area contributed by atoms with Crippen molar-refractivity contribution in [2.24, 2.45) is 0 Å². The summed E-state index contributed by atoms with van der Waals surface area (Å²) in [5.74, 6) is -1.12. The van der Waals surface area contributed by atoms with Crippen LogP contribution in [0.5, 0.6) is 5.75 Å². The second kappa shape index (κ2) is 9.18. The number of hydrogen-bond donors (Lipinski definition) is 0. The Bertz CT molecular complexity index is 1300. The van der Waals surface area contributed by atoms with Crippen LogP contribution in [0.15, 0.2) is 84.9 Å². The van der Waals surface area contributed by atoms with Crippen LogP contribution in [0.25, 0.3) is 11.1 Å². The summed E-state index contributed by atoms with van der Waals surface area (Å²) in [5.41, 5.74) is 5.55. The number of anilines is 4. The van der Waals surface area contributed by atoms with Gasteiger partial charge in [0.05, 0.1) is 28.3 Å². The number of hydrogen-bond acceptors (Lipinski definition) is 3. The molecular formula is C29H26F2N2O. The molecular weight excluding hydrogens is 430 g/mol. The van der Waals surface area contributed by atoms with Gasteiger partial charge in [-0.2, -0.15) is 0 Å². The molecule has 1 aliphatic rings. The molecule has 0 unspecified atom stereocenters. The molecule has 0 amide bonds. The first-order valence-electron chi connectivity index (χ1n) is 11.5. The Hall–Kier alpha value is -3.86. The van der Waals surface area contributed by atoms with Crippen LogP contribution in [-0.4, -0.2) is 13.1 Å². The average Bonchev–Trinajstić information content (AvgIpc) is 2.86. The summed E-state index contributed by atoms with van der Waals surface area (Å²) in [7, 11) is 0. The van der Waals surface area contributed by atoms with Crippen molar-refractivity contribution >= 4 is 22.7 Å². The van der Waals surface area contributed by atoms with Gasteiger partial charge in [-0.15, -0.1) is 0 Å². The van der Waals surface area contributed by atoms with Gasteiger partial charge in [0.2, 0.25) is 0 Å². The fourth-order valence-electron chi connectivity index (χ4n) is 4.63. The van der Waals surface area contributed by atoms with Crippen molar-refractivity contribution in [1.82, 2.24) is 0 Å². The zero-order valence-electron chi connectivity index (χ0n) is 19.3. The Morgan fingerprint density at radius 1 is 0.647 bits per heavy atom. The largest absolute Gasteiger partial charge is 0.489 e. The van der Waals surface area contributed by atoms with E-state index in [9.17, 15) is 0 Å². The Morgan fingerprint density at radius 2 is 1.21 bits per heavy atom. The van der Waals surface area contributed by atoms with Gasteiger partial charge in [-0.05, 0) is 49.2 Å². The molecule has 4 aromatic carbocycles. The summed E-state index contributed by atoms with van der Waals surface area (Å²) in [5, 5.41) is 0. The Labute approximate surface area is 198 Å². The van der Waals surface area contributed by atoms with Gasteiger partial charge in [0.15, 0.2) is 0 Å². The fraction of sp³-hybridized carbons (Fsp3) is 0.172. The molecule has 0 aliphatic carbocycles. The van der Waals surface area contributed by atoms with Crippen LogP contribution in [0, 0.1) is 11.6 Å². The third-order valence-electron chi connectivity index (χ3n) is 6.21. The van der Waals surface area contributed by atoms with E-state index in [0.717, 1.165) is 41.4 Å². The quantitative estimate of drug-likeness (QED) is 0.294. The van der Waals surface area contributed by atoms with Crippen molar-refractivity contribution in [3.63, 3.8) is 0 Å². The number of para-hydroxylation sites is 2. The Morgan fingerprint density at radius 3 is 1.82 bits per heavy atom. The molecule has 5 heteroatoms. The van der Waals surface area contributed by atoms with E-state index in [1.165, 1.54) is 12.1 Å². The van der Waals surface area contributed by atoms with E-state index in [1.54, 1.807) is 6.07 Å². The van der Waals surface area contributed by atoms with Gasteiger partial charge in [0.1, 0.15) is 24.0 Å². The molecule has 0 aromatic heterocycles. The van der Waals surface area contributed by atoms with Crippen LogP contribution in [-0.2, 0) is 6.61 Å². The molecule has 172 valence electrons. The summed E-state index contributed by atoms with van der Waals surface area (Å²) >= 11 is 0. The van der Waals surface area contributed by atoms with Crippen LogP contribution >= 0.6 is 0 Å². The normalized spacial score (nSPS) is 12.4. The number of rotatable bonds is 6. The third-order valence-corrected chi connectivity index (χ3v) is 6.21. The Kier molecular flexibility index (Phi) is 5.93. The molecule has 3 nitrogen and oxygen atoms in total. The van der Waals surface area contributed by atoms with Crippen molar-refractivity contribution in [1.29, 1.82) is 0 Å². The van der Waals surface area contributed by atoms with Crippen molar-refractivity contribution in [2.75, 3.05) is 22.9 Å². The molecule has 0 atom stereocenters. The Balaban J connectivity index is 1.51. The number of halogens is 2. The topological polar surface area (TPSA) is 15.7 Å². The second-order valence-corrected chi connectivity index (χ2v) is 8.22. The first kappa shape index (κ1) is 22.0. The summed E-state index contributed by atoms with van der Waals surface area (Å²) in [6.07, 6.45) is 0. The van der Waals surface area contributed by atoms with Crippen LogP contribution in [0.3, 0.4) is 0 Å². The van der Waals surface area contributed by atoms with Crippen molar-refractivity contribution in [2.45, 2.75) is 20.5 Å². The van der Waals surface area contributed by atoms with Gasteiger partial charge in [-0.3, -0.25) is 0 Å². The minimum atomic E-state index is -0.644. The van der Waals surface area contributed by atoms with E-state index in [4.69, 9.17) is 4.74 Å². The number of nitrogens with zero attached hydrogens (tertiary/aromatic N) is 2. The lowest BCUT2D eigenvalue weighted by Crippen LogP contribution is -2.29. The van der Waals surface area contributed by atoms with Crippen LogP contribution in [0.2, 0.25) is 0 Å². The SMILES string of the molecule is CCN1c2ccccc2N(CC)c2cc(-c3c(F)cc(OCc4ccccc4)cc3F)ccc21. The van der Waals surface area contributed by atoms with Crippen LogP contribution in [0.4, 0.5) is 31.5 Å². The van der Waals surface area contributed by atoms with Gasteiger partial charge >= 0.3 is 0 Å². The molecule has 0 saturated heterocycles. The predicted molar refractivity (Wildman–Crippen MR) is 134 cm³/mol. The summed E-state index contributed by atoms with van der Waals surface area (Å²) in [6, 6.07) is 25.9. The van der Waals surface area contributed by atoms with E-state index < -0.39 is 11.6 Å². The highest BCUT2D eigenvalue weighted by molar-refractivity contribution is 5.95. The van der Waals surface area contributed by atoms with E-state index in [-0.39, 0.29) is 17.9 Å². The van der Waals surface area contributed by atoms with Crippen molar-refractivity contribution < 1.29 is 13.5 Å². The fourth-order valence-corrected chi connectivity index (χ4v) is 4.63. The first-order chi connectivity index (χ1) is 16.6. The molecule has 0 N–H and O–H groups in total. The molecule has 0 radical (unpaired) electrons. The first-order valence-corrected chi connectivity index (χ1v) is 11.5. The summed E-state index contributed by atoms with van der Waals surface area (Å²) in [6.45, 7) is 5.95. The molecule has 1 heterocycles. The predicted octanol–water partition coefficient (Wildman–Crippen LogP) is 7.84. The van der Waals surface area contributed by atoms with Gasteiger partial charge < -0.3 is 14.5 Å². The lowest BCUT2D eigenvalue weighted by Gasteiger charge is -2.39. The van der Waals surface area contributed by atoms with E-state index in [0.29, 0.717) is 5.56 Å². The lowest BCUT2D eigenvalue weighted by molar-refractivity contribution is 0.303. The maximum Gasteiger partial charge on any atom is 0.137 e. The van der Waals surface area contributed by atoms with Crippen molar-refractivity contribution in [3.05, 3.63) is 102 Å². The number of ether oxygens (including phenoxy) is 1. The molecule has 5 rings (SSSR count). The number of benzene rings is 4. The molecule has 1 aliphatic heterocycles.